The number of hydrogen-bond donors (Lipinski definition) is 1. The Morgan fingerprint density at radius 2 is 1.93 bits per heavy atom. The summed E-state index contributed by atoms with van der Waals surface area (Å²) < 4.78 is 5.15. The van der Waals surface area contributed by atoms with Gasteiger partial charge in [-0.3, -0.25) is 14.4 Å². The number of ether oxygens (including phenoxy) is 1. The van der Waals surface area contributed by atoms with E-state index in [9.17, 15) is 14.4 Å². The lowest BCUT2D eigenvalue weighted by atomic mass is 10.1. The standard InChI is InChI=1S/C22H24N2O4/c1-15-7-6-10-19(11-15)24-13-18(12-21(24)26)22(27)28-14-20(25)23-16(2)17-8-4-3-5-9-17/h3-11,16,18H,12-14H2,1-2H3,(H,23,25)/t16-,18+/m0/s1. The first-order valence-corrected chi connectivity index (χ1v) is 9.32. The first-order valence-electron chi connectivity index (χ1n) is 9.32. The molecule has 0 bridgehead atoms. The molecule has 0 aromatic heterocycles. The van der Waals surface area contributed by atoms with Crippen LogP contribution in [0.2, 0.25) is 0 Å². The van der Waals surface area contributed by atoms with E-state index in [1.54, 1.807) is 4.90 Å². The maximum atomic E-state index is 12.3. The van der Waals surface area contributed by atoms with Crippen molar-refractivity contribution in [1.29, 1.82) is 0 Å². The second-order valence-corrected chi connectivity index (χ2v) is 7.05. The average molecular weight is 380 g/mol. The number of nitrogens with zero attached hydrogens (tertiary/aromatic N) is 1. The molecule has 0 spiro atoms. The molecular formula is C22H24N2O4. The third kappa shape index (κ3) is 4.76. The number of carbonyl (C=O) groups excluding carboxylic acids is 3. The van der Waals surface area contributed by atoms with Crippen LogP contribution >= 0.6 is 0 Å². The van der Waals surface area contributed by atoms with E-state index in [2.05, 4.69) is 5.32 Å². The smallest absolute Gasteiger partial charge is 0.311 e. The van der Waals surface area contributed by atoms with E-state index in [0.717, 1.165) is 16.8 Å². The number of nitrogens with one attached hydrogen (secondary N) is 1. The molecule has 28 heavy (non-hydrogen) atoms. The van der Waals surface area contributed by atoms with Crippen molar-refractivity contribution in [1.82, 2.24) is 5.32 Å². The lowest BCUT2D eigenvalue weighted by Gasteiger charge is -2.17. The van der Waals surface area contributed by atoms with Crippen LogP contribution in [-0.4, -0.2) is 30.9 Å². The predicted octanol–water partition coefficient (Wildman–Crippen LogP) is 2.77. The highest BCUT2D eigenvalue weighted by atomic mass is 16.5. The quantitative estimate of drug-likeness (QED) is 0.782. The van der Waals surface area contributed by atoms with Gasteiger partial charge in [-0.15, -0.1) is 0 Å². The lowest BCUT2D eigenvalue weighted by molar-refractivity contribution is -0.152. The molecule has 1 heterocycles. The molecule has 2 amide bonds. The van der Waals surface area contributed by atoms with E-state index < -0.39 is 11.9 Å². The Morgan fingerprint density at radius 1 is 1.18 bits per heavy atom. The van der Waals surface area contributed by atoms with Crippen LogP contribution in [0, 0.1) is 12.8 Å². The third-order valence-corrected chi connectivity index (χ3v) is 4.79. The minimum absolute atomic E-state index is 0.0921. The van der Waals surface area contributed by atoms with Crippen molar-refractivity contribution in [2.75, 3.05) is 18.1 Å². The molecule has 1 aliphatic rings. The number of hydrogen-bond acceptors (Lipinski definition) is 4. The highest BCUT2D eigenvalue weighted by Gasteiger charge is 2.36. The van der Waals surface area contributed by atoms with Crippen LogP contribution in [-0.2, 0) is 19.1 Å². The van der Waals surface area contributed by atoms with Crippen LogP contribution in [0.3, 0.4) is 0 Å². The summed E-state index contributed by atoms with van der Waals surface area (Å²) in [7, 11) is 0. The average Bonchev–Trinajstić information content (AvgIpc) is 3.08. The van der Waals surface area contributed by atoms with Crippen molar-refractivity contribution in [3.05, 3.63) is 65.7 Å². The fourth-order valence-corrected chi connectivity index (χ4v) is 3.27. The summed E-state index contributed by atoms with van der Waals surface area (Å²) in [5.41, 5.74) is 2.78. The van der Waals surface area contributed by atoms with Crippen LogP contribution in [0.25, 0.3) is 0 Å². The zero-order valence-corrected chi connectivity index (χ0v) is 16.1. The Labute approximate surface area is 164 Å². The summed E-state index contributed by atoms with van der Waals surface area (Å²) in [5.74, 6) is -1.57. The number of aryl methyl sites for hydroxylation is 1. The molecule has 146 valence electrons. The maximum absolute atomic E-state index is 12.3. The van der Waals surface area contributed by atoms with Gasteiger partial charge in [0, 0.05) is 18.7 Å². The highest BCUT2D eigenvalue weighted by Crippen LogP contribution is 2.26. The summed E-state index contributed by atoms with van der Waals surface area (Å²) in [6.45, 7) is 3.73. The van der Waals surface area contributed by atoms with Gasteiger partial charge in [-0.2, -0.15) is 0 Å². The Bertz CT molecular complexity index is 866. The molecule has 0 saturated carbocycles. The van der Waals surface area contributed by atoms with Crippen LogP contribution in [0.5, 0.6) is 0 Å². The molecule has 0 unspecified atom stereocenters. The zero-order chi connectivity index (χ0) is 20.1. The third-order valence-electron chi connectivity index (χ3n) is 4.79. The number of carbonyl (C=O) groups is 3. The Balaban J connectivity index is 1.50. The van der Waals surface area contributed by atoms with Gasteiger partial charge in [0.2, 0.25) is 5.91 Å². The summed E-state index contributed by atoms with van der Waals surface area (Å²) in [4.78, 5) is 38.3. The SMILES string of the molecule is Cc1cccc(N2C[C@H](C(=O)OCC(=O)N[C@@H](C)c3ccccc3)CC2=O)c1. The van der Waals surface area contributed by atoms with Gasteiger partial charge in [0.25, 0.3) is 5.91 Å². The summed E-state index contributed by atoms with van der Waals surface area (Å²) >= 11 is 0. The number of benzene rings is 2. The van der Waals surface area contributed by atoms with Gasteiger partial charge in [-0.05, 0) is 37.1 Å². The van der Waals surface area contributed by atoms with Gasteiger partial charge >= 0.3 is 5.97 Å². The molecule has 1 N–H and O–H groups in total. The van der Waals surface area contributed by atoms with Gasteiger partial charge in [0.1, 0.15) is 0 Å². The van der Waals surface area contributed by atoms with Crippen molar-refractivity contribution < 1.29 is 19.1 Å². The van der Waals surface area contributed by atoms with Crippen molar-refractivity contribution in [2.24, 2.45) is 5.92 Å². The second kappa shape index (κ2) is 8.69. The molecule has 2 atom stereocenters. The van der Waals surface area contributed by atoms with Gasteiger partial charge in [0.15, 0.2) is 6.61 Å². The molecule has 2 aromatic rings. The largest absolute Gasteiger partial charge is 0.455 e. The minimum Gasteiger partial charge on any atom is -0.455 e. The zero-order valence-electron chi connectivity index (χ0n) is 16.1. The maximum Gasteiger partial charge on any atom is 0.311 e. The normalized spacial score (nSPS) is 17.3. The monoisotopic (exact) mass is 380 g/mol. The Kier molecular flexibility index (Phi) is 6.09. The van der Waals surface area contributed by atoms with Crippen molar-refractivity contribution in [2.45, 2.75) is 26.3 Å². The molecule has 1 fully saturated rings. The Morgan fingerprint density at radius 3 is 2.64 bits per heavy atom. The van der Waals surface area contributed by atoms with E-state index >= 15 is 0 Å². The lowest BCUT2D eigenvalue weighted by Crippen LogP contribution is -2.32. The molecule has 3 rings (SSSR count). The molecule has 1 aliphatic heterocycles. The number of rotatable bonds is 6. The van der Waals surface area contributed by atoms with Crippen molar-refractivity contribution in [3.8, 4) is 0 Å². The summed E-state index contributed by atoms with van der Waals surface area (Å²) in [5, 5.41) is 2.80. The number of amides is 2. The summed E-state index contributed by atoms with van der Waals surface area (Å²) in [6, 6.07) is 16.9. The van der Waals surface area contributed by atoms with E-state index in [4.69, 9.17) is 4.74 Å². The van der Waals surface area contributed by atoms with Crippen LogP contribution < -0.4 is 10.2 Å². The second-order valence-electron chi connectivity index (χ2n) is 7.05. The van der Waals surface area contributed by atoms with E-state index in [0.29, 0.717) is 0 Å². The fraction of sp³-hybridized carbons (Fsp3) is 0.318. The number of anilines is 1. The minimum atomic E-state index is -0.563. The fourth-order valence-electron chi connectivity index (χ4n) is 3.27. The molecule has 2 aromatic carbocycles. The van der Waals surface area contributed by atoms with Gasteiger partial charge in [0.05, 0.1) is 12.0 Å². The van der Waals surface area contributed by atoms with Gasteiger partial charge in [-0.25, -0.2) is 0 Å². The molecule has 6 nitrogen and oxygen atoms in total. The predicted molar refractivity (Wildman–Crippen MR) is 106 cm³/mol. The van der Waals surface area contributed by atoms with Gasteiger partial charge in [-0.1, -0.05) is 42.5 Å². The molecule has 1 saturated heterocycles. The molecule has 0 radical (unpaired) electrons. The number of esters is 1. The van der Waals surface area contributed by atoms with Crippen LogP contribution in [0.4, 0.5) is 5.69 Å². The van der Waals surface area contributed by atoms with Gasteiger partial charge < -0.3 is 15.0 Å². The van der Waals surface area contributed by atoms with Crippen molar-refractivity contribution in [3.63, 3.8) is 0 Å². The van der Waals surface area contributed by atoms with E-state index in [-0.39, 0.29) is 37.4 Å². The van der Waals surface area contributed by atoms with E-state index in [1.165, 1.54) is 0 Å². The molecule has 6 heteroatoms. The molecular weight excluding hydrogens is 356 g/mol. The Hall–Kier alpha value is -3.15. The topological polar surface area (TPSA) is 75.7 Å². The molecule has 0 aliphatic carbocycles. The van der Waals surface area contributed by atoms with Crippen molar-refractivity contribution >= 4 is 23.5 Å². The van der Waals surface area contributed by atoms with Crippen LogP contribution in [0.1, 0.15) is 30.5 Å². The summed E-state index contributed by atoms with van der Waals surface area (Å²) in [6.07, 6.45) is 0.0921. The first-order chi connectivity index (χ1) is 13.4. The first kappa shape index (κ1) is 19.6. The van der Waals surface area contributed by atoms with Crippen LogP contribution in [0.15, 0.2) is 54.6 Å². The highest BCUT2D eigenvalue weighted by molar-refractivity contribution is 5.99. The van der Waals surface area contributed by atoms with E-state index in [1.807, 2.05) is 68.4 Å².